The molecule has 0 saturated carbocycles. The number of carbonyl (C=O) groups excluding carboxylic acids is 1. The zero-order valence-corrected chi connectivity index (χ0v) is 10.3. The first kappa shape index (κ1) is 13.7. The quantitative estimate of drug-likeness (QED) is 0.835. The van der Waals surface area contributed by atoms with Gasteiger partial charge in [0, 0.05) is 12.0 Å². The predicted octanol–water partition coefficient (Wildman–Crippen LogP) is 1.53. The number of carbonyl (C=O) groups is 1. The van der Waals surface area contributed by atoms with Crippen LogP contribution in [0.1, 0.15) is 5.56 Å². The van der Waals surface area contributed by atoms with Crippen LogP contribution >= 0.6 is 11.6 Å². The Labute approximate surface area is 103 Å². The first-order valence-electron chi connectivity index (χ1n) is 4.85. The van der Waals surface area contributed by atoms with Gasteiger partial charge in [0.2, 0.25) is 0 Å². The minimum absolute atomic E-state index is 0.0471. The summed E-state index contributed by atoms with van der Waals surface area (Å²) in [4.78, 5) is 11.1. The molecule has 0 amide bonds. The lowest BCUT2D eigenvalue weighted by molar-refractivity contribution is -0.142. The van der Waals surface area contributed by atoms with Crippen LogP contribution in [0.2, 0.25) is 5.02 Å². The fourth-order valence-electron chi connectivity index (χ4n) is 1.38. The molecule has 0 spiro atoms. The van der Waals surface area contributed by atoms with Crippen molar-refractivity contribution < 1.29 is 18.7 Å². The number of halogens is 2. The van der Waals surface area contributed by atoms with E-state index in [1.54, 1.807) is 0 Å². The first-order chi connectivity index (χ1) is 8.01. The molecule has 0 aromatic heterocycles. The van der Waals surface area contributed by atoms with Gasteiger partial charge in [-0.15, -0.1) is 0 Å². The van der Waals surface area contributed by atoms with Crippen molar-refractivity contribution >= 4 is 17.6 Å². The number of ether oxygens (including phenoxy) is 2. The molecule has 0 heterocycles. The summed E-state index contributed by atoms with van der Waals surface area (Å²) in [7, 11) is 2.63. The zero-order chi connectivity index (χ0) is 13.0. The second-order valence-corrected chi connectivity index (χ2v) is 3.75. The molecule has 2 N–H and O–H groups in total. The van der Waals surface area contributed by atoms with E-state index in [2.05, 4.69) is 4.74 Å². The molecule has 0 aliphatic heterocycles. The summed E-state index contributed by atoms with van der Waals surface area (Å²) in [5.41, 5.74) is 5.69. The second-order valence-electron chi connectivity index (χ2n) is 3.38. The van der Waals surface area contributed by atoms with E-state index in [1.165, 1.54) is 26.4 Å². The van der Waals surface area contributed by atoms with Gasteiger partial charge in [0.05, 0.1) is 19.2 Å². The summed E-state index contributed by atoms with van der Waals surface area (Å²) in [6.07, 6.45) is -0.0471. The maximum Gasteiger partial charge on any atom is 0.322 e. The minimum Gasteiger partial charge on any atom is -0.495 e. The largest absolute Gasteiger partial charge is 0.495 e. The van der Waals surface area contributed by atoms with E-state index in [0.717, 1.165) is 0 Å². The fourth-order valence-corrected chi connectivity index (χ4v) is 1.68. The lowest BCUT2D eigenvalue weighted by Crippen LogP contribution is -2.34. The van der Waals surface area contributed by atoms with Gasteiger partial charge in [-0.1, -0.05) is 11.6 Å². The molecule has 0 radical (unpaired) electrons. The maximum absolute atomic E-state index is 13.5. The number of methoxy groups -OCH3 is 2. The van der Waals surface area contributed by atoms with Gasteiger partial charge >= 0.3 is 5.97 Å². The van der Waals surface area contributed by atoms with Crippen LogP contribution in [0.25, 0.3) is 0 Å². The highest BCUT2D eigenvalue weighted by atomic mass is 35.5. The molecule has 1 atom stereocenters. The molecule has 4 nitrogen and oxygen atoms in total. The van der Waals surface area contributed by atoms with Crippen LogP contribution in [-0.2, 0) is 16.0 Å². The molecule has 6 heteroatoms. The van der Waals surface area contributed by atoms with E-state index in [-0.39, 0.29) is 17.0 Å². The molecule has 1 unspecified atom stereocenters. The minimum atomic E-state index is -0.959. The molecule has 0 fully saturated rings. The van der Waals surface area contributed by atoms with E-state index in [1.807, 2.05) is 0 Å². The van der Waals surface area contributed by atoms with Gasteiger partial charge in [-0.25, -0.2) is 4.39 Å². The third kappa shape index (κ3) is 3.08. The lowest BCUT2D eigenvalue weighted by atomic mass is 10.1. The van der Waals surface area contributed by atoms with Gasteiger partial charge in [0.1, 0.15) is 17.6 Å². The average molecular weight is 262 g/mol. The van der Waals surface area contributed by atoms with Crippen LogP contribution in [0, 0.1) is 5.82 Å². The van der Waals surface area contributed by atoms with E-state index in [4.69, 9.17) is 22.1 Å². The van der Waals surface area contributed by atoms with Gasteiger partial charge < -0.3 is 15.2 Å². The summed E-state index contributed by atoms with van der Waals surface area (Å²) >= 11 is 5.93. The van der Waals surface area contributed by atoms with Gasteiger partial charge in [-0.3, -0.25) is 4.79 Å². The van der Waals surface area contributed by atoms with E-state index in [0.29, 0.717) is 5.75 Å². The lowest BCUT2D eigenvalue weighted by Gasteiger charge is -2.13. The maximum atomic E-state index is 13.5. The Morgan fingerprint density at radius 3 is 2.71 bits per heavy atom. The summed E-state index contributed by atoms with van der Waals surface area (Å²) in [6.45, 7) is 0. The summed E-state index contributed by atoms with van der Waals surface area (Å²) in [5, 5.41) is 0.117. The van der Waals surface area contributed by atoms with Crippen molar-refractivity contribution in [1.29, 1.82) is 0 Å². The monoisotopic (exact) mass is 261 g/mol. The molecule has 1 aromatic rings. The topological polar surface area (TPSA) is 61.5 Å². The zero-order valence-electron chi connectivity index (χ0n) is 9.50. The molecule has 0 bridgehead atoms. The van der Waals surface area contributed by atoms with Gasteiger partial charge in [0.25, 0.3) is 0 Å². The normalized spacial score (nSPS) is 12.1. The fraction of sp³-hybridized carbons (Fsp3) is 0.364. The summed E-state index contributed by atoms with van der Waals surface area (Å²) in [6, 6.07) is 1.66. The molecule has 1 rings (SSSR count). The number of esters is 1. The molecule has 17 heavy (non-hydrogen) atoms. The molecule has 0 aliphatic carbocycles. The summed E-state index contributed by atoms with van der Waals surface area (Å²) in [5.74, 6) is -0.821. The smallest absolute Gasteiger partial charge is 0.322 e. The van der Waals surface area contributed by atoms with Gasteiger partial charge in [0.15, 0.2) is 0 Å². The van der Waals surface area contributed by atoms with E-state index >= 15 is 0 Å². The van der Waals surface area contributed by atoms with Crippen molar-refractivity contribution in [3.8, 4) is 5.75 Å². The van der Waals surface area contributed by atoms with Crippen molar-refractivity contribution in [1.82, 2.24) is 0 Å². The standard InChI is InChI=1S/C11H13ClFNO3/c1-16-9-4-3-7(13)6(10(9)12)5-8(14)11(15)17-2/h3-4,8H,5,14H2,1-2H3. The highest BCUT2D eigenvalue weighted by Gasteiger charge is 2.20. The Balaban J connectivity index is 3.01. The Hall–Kier alpha value is -1.33. The SMILES string of the molecule is COC(=O)C(N)Cc1c(F)ccc(OC)c1Cl. The van der Waals surface area contributed by atoms with E-state index in [9.17, 15) is 9.18 Å². The van der Waals surface area contributed by atoms with Crippen LogP contribution in [0.4, 0.5) is 4.39 Å². The number of hydrogen-bond acceptors (Lipinski definition) is 4. The molecular weight excluding hydrogens is 249 g/mol. The van der Waals surface area contributed by atoms with E-state index < -0.39 is 17.8 Å². The summed E-state index contributed by atoms with van der Waals surface area (Å²) < 4.78 is 23.0. The number of hydrogen-bond donors (Lipinski definition) is 1. The number of benzene rings is 1. The number of rotatable bonds is 4. The molecule has 94 valence electrons. The molecular formula is C11H13ClFNO3. The van der Waals surface area contributed by atoms with Crippen molar-refractivity contribution in [2.24, 2.45) is 5.73 Å². The number of nitrogens with two attached hydrogens (primary N) is 1. The Bertz CT molecular complexity index is 425. The van der Waals surface area contributed by atoms with Crippen LogP contribution in [0.5, 0.6) is 5.75 Å². The molecule has 0 saturated heterocycles. The predicted molar refractivity (Wildman–Crippen MR) is 61.7 cm³/mol. The van der Waals surface area contributed by atoms with Crippen LogP contribution in [0.15, 0.2) is 12.1 Å². The van der Waals surface area contributed by atoms with Crippen molar-refractivity contribution in [3.63, 3.8) is 0 Å². The molecule has 0 aliphatic rings. The second kappa shape index (κ2) is 5.84. The third-order valence-corrected chi connectivity index (χ3v) is 2.71. The van der Waals surface area contributed by atoms with Crippen LogP contribution in [-0.4, -0.2) is 26.2 Å². The Morgan fingerprint density at radius 1 is 1.53 bits per heavy atom. The van der Waals surface area contributed by atoms with Crippen LogP contribution < -0.4 is 10.5 Å². The van der Waals surface area contributed by atoms with Crippen molar-refractivity contribution in [2.45, 2.75) is 12.5 Å². The van der Waals surface area contributed by atoms with Crippen LogP contribution in [0.3, 0.4) is 0 Å². The van der Waals surface area contributed by atoms with Gasteiger partial charge in [-0.2, -0.15) is 0 Å². The Morgan fingerprint density at radius 2 is 2.18 bits per heavy atom. The van der Waals surface area contributed by atoms with Crippen molar-refractivity contribution in [3.05, 3.63) is 28.5 Å². The van der Waals surface area contributed by atoms with Gasteiger partial charge in [-0.05, 0) is 12.1 Å². The highest BCUT2D eigenvalue weighted by Crippen LogP contribution is 2.30. The Kier molecular flexibility index (Phi) is 4.72. The highest BCUT2D eigenvalue weighted by molar-refractivity contribution is 6.32. The first-order valence-corrected chi connectivity index (χ1v) is 5.23. The molecule has 1 aromatic carbocycles. The average Bonchev–Trinajstić information content (AvgIpc) is 2.33. The van der Waals surface area contributed by atoms with Crippen molar-refractivity contribution in [2.75, 3.05) is 14.2 Å². The third-order valence-electron chi connectivity index (χ3n) is 2.30.